The second-order valence-electron chi connectivity index (χ2n) is 6.70. The Morgan fingerprint density at radius 3 is 2.45 bits per heavy atom. The van der Waals surface area contributed by atoms with E-state index in [1.165, 1.54) is 0 Å². The van der Waals surface area contributed by atoms with Crippen molar-refractivity contribution in [2.24, 2.45) is 10.8 Å². The molecule has 0 spiro atoms. The van der Waals surface area contributed by atoms with Gasteiger partial charge in [0.05, 0.1) is 6.07 Å². The van der Waals surface area contributed by atoms with E-state index in [1.807, 2.05) is 0 Å². The Morgan fingerprint density at radius 1 is 1.35 bits per heavy atom. The van der Waals surface area contributed by atoms with Gasteiger partial charge in [0.1, 0.15) is 6.10 Å². The molecule has 0 N–H and O–H groups in total. The molecule has 2 atom stereocenters. The van der Waals surface area contributed by atoms with Crippen LogP contribution in [0.1, 0.15) is 65.3 Å². The summed E-state index contributed by atoms with van der Waals surface area (Å²) >= 11 is 0. The van der Waals surface area contributed by atoms with Crippen LogP contribution in [0.4, 0.5) is 0 Å². The van der Waals surface area contributed by atoms with Crippen molar-refractivity contribution in [1.82, 2.24) is 10.1 Å². The van der Waals surface area contributed by atoms with Gasteiger partial charge in [-0.1, -0.05) is 39.8 Å². The molecule has 0 aliphatic carbocycles. The average molecular weight is 279 g/mol. The van der Waals surface area contributed by atoms with Gasteiger partial charge in [0.2, 0.25) is 11.7 Å². The summed E-state index contributed by atoms with van der Waals surface area (Å²) in [5.74, 6) is 1.15. The van der Waals surface area contributed by atoms with Gasteiger partial charge in [0, 0.05) is 20.0 Å². The summed E-state index contributed by atoms with van der Waals surface area (Å²) in [5.41, 5.74) is -0.223. The van der Waals surface area contributed by atoms with E-state index in [-0.39, 0.29) is 16.9 Å². The van der Waals surface area contributed by atoms with Crippen molar-refractivity contribution in [3.8, 4) is 6.07 Å². The van der Waals surface area contributed by atoms with E-state index in [0.29, 0.717) is 24.6 Å². The second-order valence-corrected chi connectivity index (χ2v) is 6.70. The number of nitrogens with zero attached hydrogens (tertiary/aromatic N) is 3. The Morgan fingerprint density at radius 2 is 2.00 bits per heavy atom. The van der Waals surface area contributed by atoms with Crippen molar-refractivity contribution >= 4 is 0 Å². The molecular formula is C15H25N3O2. The first-order valence-corrected chi connectivity index (χ1v) is 6.98. The lowest BCUT2D eigenvalue weighted by molar-refractivity contribution is 0.00718. The quantitative estimate of drug-likeness (QED) is 0.794. The number of hydrogen-bond donors (Lipinski definition) is 0. The predicted molar refractivity (Wildman–Crippen MR) is 75.8 cm³/mol. The highest BCUT2D eigenvalue weighted by molar-refractivity contribution is 4.99. The van der Waals surface area contributed by atoms with Crippen molar-refractivity contribution in [3.63, 3.8) is 0 Å². The maximum absolute atomic E-state index is 8.91. The van der Waals surface area contributed by atoms with Crippen LogP contribution in [0.15, 0.2) is 4.52 Å². The zero-order valence-electron chi connectivity index (χ0n) is 13.4. The van der Waals surface area contributed by atoms with Gasteiger partial charge >= 0.3 is 0 Å². The monoisotopic (exact) mass is 279 g/mol. The molecule has 0 aliphatic heterocycles. The van der Waals surface area contributed by atoms with Gasteiger partial charge in [0.25, 0.3) is 0 Å². The van der Waals surface area contributed by atoms with Crippen LogP contribution in [-0.2, 0) is 11.2 Å². The van der Waals surface area contributed by atoms with Gasteiger partial charge in [-0.2, -0.15) is 10.2 Å². The average Bonchev–Trinajstić information content (AvgIpc) is 2.76. The molecule has 0 amide bonds. The highest BCUT2D eigenvalue weighted by atomic mass is 16.5. The lowest BCUT2D eigenvalue weighted by atomic mass is 9.81. The van der Waals surface area contributed by atoms with Crippen LogP contribution in [0, 0.1) is 22.2 Å². The van der Waals surface area contributed by atoms with Crippen LogP contribution in [-0.4, -0.2) is 17.3 Å². The highest BCUT2D eigenvalue weighted by Gasteiger charge is 2.32. The lowest BCUT2D eigenvalue weighted by Gasteiger charge is -2.26. The molecule has 1 aromatic rings. The van der Waals surface area contributed by atoms with Crippen molar-refractivity contribution in [2.75, 3.05) is 7.11 Å². The van der Waals surface area contributed by atoms with Gasteiger partial charge in [-0.05, 0) is 17.3 Å². The first-order chi connectivity index (χ1) is 9.25. The maximum atomic E-state index is 8.91. The minimum Gasteiger partial charge on any atom is -0.373 e. The molecular weight excluding hydrogens is 254 g/mol. The first kappa shape index (κ1) is 16.6. The van der Waals surface area contributed by atoms with E-state index in [0.717, 1.165) is 6.42 Å². The summed E-state index contributed by atoms with van der Waals surface area (Å²) < 4.78 is 10.8. The Hall–Kier alpha value is -1.41. The van der Waals surface area contributed by atoms with Gasteiger partial charge < -0.3 is 9.26 Å². The molecule has 0 aliphatic rings. The second kappa shape index (κ2) is 6.36. The third-order valence-electron chi connectivity index (χ3n) is 3.68. The van der Waals surface area contributed by atoms with Gasteiger partial charge in [-0.15, -0.1) is 0 Å². The van der Waals surface area contributed by atoms with E-state index < -0.39 is 0 Å². The van der Waals surface area contributed by atoms with Crippen LogP contribution >= 0.6 is 0 Å². The molecule has 0 aromatic carbocycles. The smallest absolute Gasteiger partial charge is 0.227 e. The van der Waals surface area contributed by atoms with E-state index in [1.54, 1.807) is 7.11 Å². The first-order valence-electron chi connectivity index (χ1n) is 6.98. The van der Waals surface area contributed by atoms with Crippen molar-refractivity contribution in [3.05, 3.63) is 11.7 Å². The van der Waals surface area contributed by atoms with Crippen LogP contribution in [0.2, 0.25) is 0 Å². The van der Waals surface area contributed by atoms with Gasteiger partial charge in [-0.25, -0.2) is 0 Å². The number of methoxy groups -OCH3 is 1. The Balaban J connectivity index is 2.90. The van der Waals surface area contributed by atoms with Crippen LogP contribution in [0.3, 0.4) is 0 Å². The van der Waals surface area contributed by atoms with Crippen molar-refractivity contribution in [2.45, 2.75) is 60.0 Å². The minimum atomic E-state index is -0.205. The fourth-order valence-electron chi connectivity index (χ4n) is 2.16. The SMILES string of the molecule is CCC(C)(CC#N)Cc1nc(C(OC)C(C)(C)C)no1. The minimum absolute atomic E-state index is 0.101. The molecule has 1 rings (SSSR count). The summed E-state index contributed by atoms with van der Waals surface area (Å²) in [6, 6.07) is 2.23. The number of ether oxygens (including phenoxy) is 1. The Labute approximate surface area is 121 Å². The van der Waals surface area contributed by atoms with Crippen molar-refractivity contribution in [1.29, 1.82) is 5.26 Å². The van der Waals surface area contributed by atoms with E-state index in [2.05, 4.69) is 50.8 Å². The van der Waals surface area contributed by atoms with Gasteiger partial charge in [-0.3, -0.25) is 0 Å². The Bertz CT molecular complexity index is 470. The summed E-state index contributed by atoms with van der Waals surface area (Å²) in [6.07, 6.45) is 1.79. The third-order valence-corrected chi connectivity index (χ3v) is 3.68. The topological polar surface area (TPSA) is 71.9 Å². The largest absolute Gasteiger partial charge is 0.373 e. The fourth-order valence-corrected chi connectivity index (χ4v) is 2.16. The molecule has 1 heterocycles. The van der Waals surface area contributed by atoms with Crippen LogP contribution < -0.4 is 0 Å². The number of nitriles is 1. The number of aromatic nitrogens is 2. The number of rotatable bonds is 6. The summed E-state index contributed by atoms with van der Waals surface area (Å²) in [6.45, 7) is 10.4. The fraction of sp³-hybridized carbons (Fsp3) is 0.800. The maximum Gasteiger partial charge on any atom is 0.227 e. The molecule has 1 aromatic heterocycles. The zero-order valence-corrected chi connectivity index (χ0v) is 13.4. The zero-order chi connectivity index (χ0) is 15.4. The molecule has 0 saturated carbocycles. The van der Waals surface area contributed by atoms with E-state index in [9.17, 15) is 0 Å². The van der Waals surface area contributed by atoms with Gasteiger partial charge in [0.15, 0.2) is 0 Å². The van der Waals surface area contributed by atoms with Crippen molar-refractivity contribution < 1.29 is 9.26 Å². The third kappa shape index (κ3) is 4.04. The van der Waals surface area contributed by atoms with Crippen LogP contribution in [0.25, 0.3) is 0 Å². The number of hydrogen-bond acceptors (Lipinski definition) is 5. The standard InChI is InChI=1S/C15H25N3O2/c1-7-15(5,8-9-16)10-11-17-13(18-20-11)12(19-6)14(2,3)4/h12H,7-8,10H2,1-6H3. The van der Waals surface area contributed by atoms with Crippen LogP contribution in [0.5, 0.6) is 0 Å². The summed E-state index contributed by atoms with van der Waals surface area (Å²) in [5, 5.41) is 13.0. The Kier molecular flexibility index (Phi) is 5.29. The molecule has 0 saturated heterocycles. The van der Waals surface area contributed by atoms with E-state index in [4.69, 9.17) is 14.5 Å². The predicted octanol–water partition coefficient (Wildman–Crippen LogP) is 3.68. The molecule has 5 heteroatoms. The summed E-state index contributed by atoms with van der Waals surface area (Å²) in [4.78, 5) is 4.45. The molecule has 20 heavy (non-hydrogen) atoms. The molecule has 0 fully saturated rings. The normalized spacial score (nSPS) is 16.4. The van der Waals surface area contributed by atoms with E-state index >= 15 is 0 Å². The highest BCUT2D eigenvalue weighted by Crippen LogP contribution is 2.35. The molecule has 5 nitrogen and oxygen atoms in total. The summed E-state index contributed by atoms with van der Waals surface area (Å²) in [7, 11) is 1.65. The molecule has 0 radical (unpaired) electrons. The molecule has 0 bridgehead atoms. The lowest BCUT2D eigenvalue weighted by Crippen LogP contribution is -2.21. The molecule has 112 valence electrons. The molecule has 2 unspecified atom stereocenters.